The second-order valence-corrected chi connectivity index (χ2v) is 19.9. The van der Waals surface area contributed by atoms with Crippen LogP contribution in [0.1, 0.15) is 113 Å². The van der Waals surface area contributed by atoms with E-state index in [1.165, 1.54) is 62.5 Å². The molecule has 44 heavy (non-hydrogen) atoms. The number of unbranched alkanes of at least 4 members (excludes halogenated alkanes) is 1. The molecule has 0 radical (unpaired) electrons. The molecule has 2 heteroatoms. The molecule has 2 unspecified atom stereocenters. The zero-order chi connectivity index (χ0) is 30.5. The Hall–Kier alpha value is -2.02. The van der Waals surface area contributed by atoms with Crippen LogP contribution in [0, 0.1) is 0 Å². The number of hydrogen-bond acceptors (Lipinski definition) is 0. The minimum atomic E-state index is -0.788. The van der Waals surface area contributed by atoms with Crippen LogP contribution >= 0.6 is 0 Å². The van der Waals surface area contributed by atoms with E-state index in [2.05, 4.69) is 113 Å². The van der Waals surface area contributed by atoms with Crippen LogP contribution in [0.25, 0.3) is 33.7 Å². The van der Waals surface area contributed by atoms with Crippen LogP contribution in [-0.4, -0.2) is 9.52 Å². The molecule has 0 N–H and O–H groups in total. The fraction of sp³-hybridized carbons (Fsp3) is 0.429. The second kappa shape index (κ2) is 14.6. The van der Waals surface area contributed by atoms with Gasteiger partial charge in [0.1, 0.15) is 0 Å². The molecule has 2 atom stereocenters. The Kier molecular flexibility index (Phi) is 10.6. The molecule has 1 fully saturated rings. The summed E-state index contributed by atoms with van der Waals surface area (Å²) in [5.41, 5.74) is 9.67. The van der Waals surface area contributed by atoms with Crippen LogP contribution in [-0.2, 0) is 23.2 Å². The molecule has 2 aliphatic carbocycles. The predicted molar refractivity (Wildman–Crippen MR) is 195 cm³/mol. The van der Waals surface area contributed by atoms with Crippen molar-refractivity contribution in [2.24, 2.45) is 0 Å². The molecule has 4 aromatic rings. The summed E-state index contributed by atoms with van der Waals surface area (Å²) in [5.74, 6) is 1.09. The van der Waals surface area contributed by atoms with Gasteiger partial charge < -0.3 is 0 Å². The zero-order valence-electron chi connectivity index (χ0n) is 27.7. The summed E-state index contributed by atoms with van der Waals surface area (Å²) in [6.07, 6.45) is 16.0. The number of rotatable bonds is 10. The van der Waals surface area contributed by atoms with Gasteiger partial charge in [-0.1, -0.05) is 24.9 Å². The first kappa shape index (κ1) is 31.9. The molecule has 0 aromatic heterocycles. The molecule has 1 aliphatic heterocycles. The third-order valence-corrected chi connectivity index (χ3v) is 17.9. The van der Waals surface area contributed by atoms with E-state index in [9.17, 15) is 0 Å². The summed E-state index contributed by atoms with van der Waals surface area (Å²) in [5, 5.41) is 5.64. The molecular weight excluding hydrogens is 624 g/mol. The summed E-state index contributed by atoms with van der Waals surface area (Å²) >= 11 is -0.788. The van der Waals surface area contributed by atoms with Crippen LogP contribution in [0.2, 0.25) is 19.3 Å². The third-order valence-electron chi connectivity index (χ3n) is 10.8. The summed E-state index contributed by atoms with van der Waals surface area (Å²) < 4.78 is 1.82. The Morgan fingerprint density at radius 2 is 1.18 bits per heavy atom. The molecule has 0 amide bonds. The van der Waals surface area contributed by atoms with Gasteiger partial charge in [0.15, 0.2) is 0 Å². The number of allylic oxidation sites excluding steroid dienone is 2. The SMILES string of the molecule is C1CC[SiH2]C1.CCC[CH2][Zr][C](CCC)(C1C(CC)=Cc2c1ccc1ccccc21)C1C(CC)=Cc2c1ccc1ccccc21. The maximum absolute atomic E-state index is 2.62. The standard InChI is InChI=1S/C34H33.C4H10Si.C4H9.Zr/c1-4-11-30(33-22(5-2)20-31-26-14-9-7-12-24(26)16-18-28(31)33)34-23(6-3)21-32-27-15-10-8-13-25(27)17-19-29(32)34;1-2-4-5-3-1;1-3-4-2;/h7-10,12-21,33-34H,4-6,11H2,1-3H3;1-5H2;1,3-4H2,2H3;. The molecule has 7 rings (SSSR count). The average molecular weight is 676 g/mol. The van der Waals surface area contributed by atoms with Crippen molar-refractivity contribution in [1.29, 1.82) is 0 Å². The normalized spacial score (nSPS) is 20.0. The molecule has 4 aromatic carbocycles. The quantitative estimate of drug-likeness (QED) is 0.116. The van der Waals surface area contributed by atoms with Gasteiger partial charge in [0, 0.05) is 9.52 Å². The van der Waals surface area contributed by atoms with Gasteiger partial charge in [-0.2, -0.15) is 0 Å². The van der Waals surface area contributed by atoms with Crippen molar-refractivity contribution in [3.8, 4) is 0 Å². The molecule has 1 heterocycles. The topological polar surface area (TPSA) is 0 Å². The van der Waals surface area contributed by atoms with E-state index >= 15 is 0 Å². The predicted octanol–water partition coefficient (Wildman–Crippen LogP) is 12.5. The average Bonchev–Trinajstić information content (AvgIpc) is 3.84. The van der Waals surface area contributed by atoms with Crippen molar-refractivity contribution in [2.75, 3.05) is 0 Å². The fourth-order valence-corrected chi connectivity index (χ4v) is 16.7. The van der Waals surface area contributed by atoms with Crippen LogP contribution in [0.4, 0.5) is 0 Å². The van der Waals surface area contributed by atoms with Crippen molar-refractivity contribution >= 4 is 43.2 Å². The van der Waals surface area contributed by atoms with E-state index in [0.717, 1.165) is 12.8 Å². The molecule has 0 bridgehead atoms. The third kappa shape index (κ3) is 5.96. The van der Waals surface area contributed by atoms with Gasteiger partial charge >= 0.3 is 248 Å². The van der Waals surface area contributed by atoms with Crippen molar-refractivity contribution in [1.82, 2.24) is 0 Å². The van der Waals surface area contributed by atoms with Crippen molar-refractivity contribution < 1.29 is 23.2 Å². The Balaban J connectivity index is 0.000000625. The monoisotopic (exact) mass is 674 g/mol. The Bertz CT molecular complexity index is 1540. The van der Waals surface area contributed by atoms with Gasteiger partial charge in [0.25, 0.3) is 0 Å². The van der Waals surface area contributed by atoms with Gasteiger partial charge in [-0.15, -0.1) is 0 Å². The van der Waals surface area contributed by atoms with E-state index < -0.39 is 23.2 Å². The van der Waals surface area contributed by atoms with E-state index in [0.29, 0.717) is 24.5 Å². The van der Waals surface area contributed by atoms with E-state index in [-0.39, 0.29) is 0 Å². The number of hydrogen-bond donors (Lipinski definition) is 0. The van der Waals surface area contributed by atoms with Crippen LogP contribution in [0.5, 0.6) is 0 Å². The van der Waals surface area contributed by atoms with Gasteiger partial charge in [0.2, 0.25) is 0 Å². The zero-order valence-corrected chi connectivity index (χ0v) is 31.6. The first-order valence-corrected chi connectivity index (χ1v) is 22.8. The summed E-state index contributed by atoms with van der Waals surface area (Å²) in [4.78, 5) is 0. The Morgan fingerprint density at radius 1 is 0.659 bits per heavy atom. The van der Waals surface area contributed by atoms with Crippen molar-refractivity contribution in [2.45, 2.75) is 110 Å². The maximum atomic E-state index is 2.62. The molecule has 0 nitrogen and oxygen atoms in total. The number of benzene rings is 4. The van der Waals surface area contributed by atoms with E-state index in [1.807, 2.05) is 0 Å². The molecule has 3 aliphatic rings. The van der Waals surface area contributed by atoms with E-state index in [4.69, 9.17) is 0 Å². The van der Waals surface area contributed by atoms with Gasteiger partial charge in [0.05, 0.1) is 0 Å². The Morgan fingerprint density at radius 3 is 1.61 bits per heavy atom. The van der Waals surface area contributed by atoms with Gasteiger partial charge in [-0.05, 0) is 0 Å². The minimum absolute atomic E-state index is 0.346. The van der Waals surface area contributed by atoms with Crippen molar-refractivity contribution in [3.05, 3.63) is 106 Å². The molecule has 228 valence electrons. The number of fused-ring (bicyclic) bond motifs is 6. The van der Waals surface area contributed by atoms with Crippen LogP contribution < -0.4 is 0 Å². The second-order valence-electron chi connectivity index (χ2n) is 13.4. The van der Waals surface area contributed by atoms with Gasteiger partial charge in [-0.25, -0.2) is 0 Å². The molecular formula is C42H52SiZr. The molecule has 1 saturated heterocycles. The fourth-order valence-electron chi connectivity index (χ4n) is 8.76. The first-order chi connectivity index (χ1) is 21.7. The summed E-state index contributed by atoms with van der Waals surface area (Å²) in [6.45, 7) is 9.65. The summed E-state index contributed by atoms with van der Waals surface area (Å²) in [7, 11) is 0.543. The van der Waals surface area contributed by atoms with Crippen LogP contribution in [0.15, 0.2) is 83.9 Å². The first-order valence-electron chi connectivity index (χ1n) is 17.9. The van der Waals surface area contributed by atoms with Gasteiger partial charge in [-0.3, -0.25) is 0 Å². The van der Waals surface area contributed by atoms with Crippen molar-refractivity contribution in [3.63, 3.8) is 0 Å². The molecule has 0 saturated carbocycles. The van der Waals surface area contributed by atoms with Crippen LogP contribution in [0.3, 0.4) is 0 Å². The Labute approximate surface area is 281 Å². The molecule has 0 spiro atoms. The summed E-state index contributed by atoms with van der Waals surface area (Å²) in [6, 6.07) is 31.3. The van der Waals surface area contributed by atoms with E-state index in [1.54, 1.807) is 47.2 Å².